The van der Waals surface area contributed by atoms with Gasteiger partial charge in [0.25, 0.3) is 0 Å². The number of carboxylic acids is 1. The van der Waals surface area contributed by atoms with Gasteiger partial charge in [0, 0.05) is 25.7 Å². The van der Waals surface area contributed by atoms with Gasteiger partial charge in [0.15, 0.2) is 0 Å². The number of nitrogens with zero attached hydrogens (tertiary/aromatic N) is 1. The van der Waals surface area contributed by atoms with Crippen molar-refractivity contribution in [2.24, 2.45) is 0 Å². The third kappa shape index (κ3) is 3.55. The number of rotatable bonds is 5. The van der Waals surface area contributed by atoms with Crippen LogP contribution in [0, 0.1) is 0 Å². The Kier molecular flexibility index (Phi) is 4.33. The molecule has 0 aromatic heterocycles. The zero-order chi connectivity index (χ0) is 13.0. The molecule has 2 rings (SSSR count). The Bertz CT molecular complexity index is 394. The van der Waals surface area contributed by atoms with Gasteiger partial charge in [0.05, 0.1) is 0 Å². The Hall–Kier alpha value is -1.39. The minimum atomic E-state index is -0.781. The molecule has 2 atom stereocenters. The number of likely N-dealkylation sites (tertiary alicyclic amines) is 1. The van der Waals surface area contributed by atoms with Crippen molar-refractivity contribution < 1.29 is 9.90 Å². The fourth-order valence-corrected chi connectivity index (χ4v) is 2.38. The maximum Gasteiger partial charge on any atom is 0.320 e. The number of aliphatic carboxylic acids is 1. The van der Waals surface area contributed by atoms with Crippen LogP contribution >= 0.6 is 0 Å². The molecule has 4 nitrogen and oxygen atoms in total. The first kappa shape index (κ1) is 13.1. The maximum atomic E-state index is 10.8. The summed E-state index contributed by atoms with van der Waals surface area (Å²) in [6.07, 6.45) is 1.02. The van der Waals surface area contributed by atoms with E-state index in [1.807, 2.05) is 18.2 Å². The van der Waals surface area contributed by atoms with Crippen molar-refractivity contribution in [3.63, 3.8) is 0 Å². The van der Waals surface area contributed by atoms with Crippen molar-refractivity contribution in [2.45, 2.75) is 32.0 Å². The molecular formula is C14H20N2O2. The molecule has 0 aliphatic carbocycles. The van der Waals surface area contributed by atoms with Crippen LogP contribution in [0.1, 0.15) is 18.9 Å². The highest BCUT2D eigenvalue weighted by molar-refractivity contribution is 5.72. The molecule has 1 aliphatic heterocycles. The lowest BCUT2D eigenvalue weighted by Crippen LogP contribution is -2.42. The van der Waals surface area contributed by atoms with E-state index in [4.69, 9.17) is 5.11 Å². The highest BCUT2D eigenvalue weighted by atomic mass is 16.4. The van der Waals surface area contributed by atoms with Gasteiger partial charge in [-0.05, 0) is 18.9 Å². The molecule has 0 spiro atoms. The van der Waals surface area contributed by atoms with Crippen molar-refractivity contribution in [2.75, 3.05) is 13.1 Å². The number of nitrogens with one attached hydrogen (secondary N) is 1. The Balaban J connectivity index is 1.80. The number of carbonyl (C=O) groups is 1. The summed E-state index contributed by atoms with van der Waals surface area (Å²) in [7, 11) is 0. The van der Waals surface area contributed by atoms with E-state index in [0.29, 0.717) is 6.04 Å². The molecule has 2 unspecified atom stereocenters. The Morgan fingerprint density at radius 1 is 1.50 bits per heavy atom. The van der Waals surface area contributed by atoms with Crippen LogP contribution in [0.3, 0.4) is 0 Å². The Morgan fingerprint density at radius 3 is 2.89 bits per heavy atom. The van der Waals surface area contributed by atoms with Gasteiger partial charge in [0.2, 0.25) is 0 Å². The van der Waals surface area contributed by atoms with E-state index in [2.05, 4.69) is 22.3 Å². The van der Waals surface area contributed by atoms with Gasteiger partial charge < -0.3 is 10.4 Å². The van der Waals surface area contributed by atoms with Gasteiger partial charge in [0.1, 0.15) is 6.04 Å². The molecule has 0 bridgehead atoms. The average molecular weight is 248 g/mol. The highest BCUT2D eigenvalue weighted by Gasteiger charge is 2.25. The maximum absolute atomic E-state index is 10.8. The molecule has 1 aliphatic rings. The second kappa shape index (κ2) is 5.98. The predicted molar refractivity (Wildman–Crippen MR) is 70.4 cm³/mol. The smallest absolute Gasteiger partial charge is 0.320 e. The van der Waals surface area contributed by atoms with E-state index in [0.717, 1.165) is 26.1 Å². The number of benzene rings is 1. The molecule has 0 amide bonds. The first-order valence-electron chi connectivity index (χ1n) is 6.40. The Morgan fingerprint density at radius 2 is 2.22 bits per heavy atom. The number of hydrogen-bond donors (Lipinski definition) is 2. The third-order valence-electron chi connectivity index (χ3n) is 3.38. The van der Waals surface area contributed by atoms with E-state index in [1.165, 1.54) is 5.56 Å². The second-order valence-corrected chi connectivity index (χ2v) is 4.93. The molecule has 1 aromatic rings. The normalized spacial score (nSPS) is 21.9. The largest absolute Gasteiger partial charge is 0.480 e. The van der Waals surface area contributed by atoms with Gasteiger partial charge in [-0.15, -0.1) is 0 Å². The van der Waals surface area contributed by atoms with Gasteiger partial charge in [-0.25, -0.2) is 0 Å². The summed E-state index contributed by atoms with van der Waals surface area (Å²) in [6, 6.07) is 10.2. The van der Waals surface area contributed by atoms with Crippen LogP contribution < -0.4 is 5.32 Å². The standard InChI is InChI=1S/C14H20N2O2/c1-11(14(17)18)15-13-7-8-16(10-13)9-12-5-3-2-4-6-12/h2-6,11,13,15H,7-10H2,1H3,(H,17,18). The van der Waals surface area contributed by atoms with Crippen molar-refractivity contribution in [3.8, 4) is 0 Å². The second-order valence-electron chi connectivity index (χ2n) is 4.93. The summed E-state index contributed by atoms with van der Waals surface area (Å²) >= 11 is 0. The molecule has 0 radical (unpaired) electrons. The molecule has 1 fully saturated rings. The SMILES string of the molecule is CC(NC1CCN(Cc2ccccc2)C1)C(=O)O. The first-order valence-corrected chi connectivity index (χ1v) is 6.40. The molecule has 4 heteroatoms. The third-order valence-corrected chi connectivity index (χ3v) is 3.38. The van der Waals surface area contributed by atoms with Gasteiger partial charge in [-0.2, -0.15) is 0 Å². The molecule has 18 heavy (non-hydrogen) atoms. The quantitative estimate of drug-likeness (QED) is 0.825. The van der Waals surface area contributed by atoms with Crippen LogP contribution in [0.2, 0.25) is 0 Å². The van der Waals surface area contributed by atoms with Crippen LogP contribution in [0.5, 0.6) is 0 Å². The summed E-state index contributed by atoms with van der Waals surface area (Å²) in [6.45, 7) is 4.59. The highest BCUT2D eigenvalue weighted by Crippen LogP contribution is 2.13. The van der Waals surface area contributed by atoms with Crippen LogP contribution in [0.4, 0.5) is 0 Å². The summed E-state index contributed by atoms with van der Waals surface area (Å²) in [5, 5.41) is 12.0. The van der Waals surface area contributed by atoms with E-state index >= 15 is 0 Å². The molecule has 1 heterocycles. The van der Waals surface area contributed by atoms with Crippen molar-refractivity contribution in [1.82, 2.24) is 10.2 Å². The van der Waals surface area contributed by atoms with Gasteiger partial charge in [-0.3, -0.25) is 9.69 Å². The molecule has 0 saturated carbocycles. The van der Waals surface area contributed by atoms with Crippen molar-refractivity contribution in [1.29, 1.82) is 0 Å². The Labute approximate surface area is 108 Å². The van der Waals surface area contributed by atoms with E-state index < -0.39 is 12.0 Å². The molecule has 98 valence electrons. The van der Waals surface area contributed by atoms with Gasteiger partial charge >= 0.3 is 5.97 Å². The topological polar surface area (TPSA) is 52.6 Å². The van der Waals surface area contributed by atoms with Crippen molar-refractivity contribution >= 4 is 5.97 Å². The monoisotopic (exact) mass is 248 g/mol. The zero-order valence-corrected chi connectivity index (χ0v) is 10.7. The summed E-state index contributed by atoms with van der Waals surface area (Å²) in [4.78, 5) is 13.1. The lowest BCUT2D eigenvalue weighted by atomic mass is 10.2. The number of carboxylic acid groups (broad SMARTS) is 1. The van der Waals surface area contributed by atoms with E-state index in [-0.39, 0.29) is 0 Å². The first-order chi connectivity index (χ1) is 8.65. The fraction of sp³-hybridized carbons (Fsp3) is 0.500. The van der Waals surface area contributed by atoms with E-state index in [1.54, 1.807) is 6.92 Å². The summed E-state index contributed by atoms with van der Waals surface area (Å²) < 4.78 is 0. The van der Waals surface area contributed by atoms with Crippen molar-refractivity contribution in [3.05, 3.63) is 35.9 Å². The van der Waals surface area contributed by atoms with E-state index in [9.17, 15) is 4.79 Å². The van der Waals surface area contributed by atoms with Crippen LogP contribution in [-0.2, 0) is 11.3 Å². The zero-order valence-electron chi connectivity index (χ0n) is 10.7. The minimum Gasteiger partial charge on any atom is -0.480 e. The summed E-state index contributed by atoms with van der Waals surface area (Å²) in [5.41, 5.74) is 1.31. The lowest BCUT2D eigenvalue weighted by molar-refractivity contribution is -0.139. The lowest BCUT2D eigenvalue weighted by Gasteiger charge is -2.18. The molecule has 2 N–H and O–H groups in total. The summed E-state index contributed by atoms with van der Waals surface area (Å²) in [5.74, 6) is -0.781. The van der Waals surface area contributed by atoms with Crippen LogP contribution in [0.15, 0.2) is 30.3 Å². The molecule has 1 saturated heterocycles. The molecular weight excluding hydrogens is 228 g/mol. The fourth-order valence-electron chi connectivity index (χ4n) is 2.38. The van der Waals surface area contributed by atoms with Crippen LogP contribution in [0.25, 0.3) is 0 Å². The molecule has 1 aromatic carbocycles. The average Bonchev–Trinajstić information content (AvgIpc) is 2.77. The number of hydrogen-bond acceptors (Lipinski definition) is 3. The van der Waals surface area contributed by atoms with Crippen LogP contribution in [-0.4, -0.2) is 41.1 Å². The predicted octanol–water partition coefficient (Wildman–Crippen LogP) is 1.32. The minimum absolute atomic E-state index is 0.291. The van der Waals surface area contributed by atoms with Gasteiger partial charge in [-0.1, -0.05) is 30.3 Å².